The number of hydrogen-bond donors (Lipinski definition) is 0. The fraction of sp³-hybridized carbons (Fsp3) is 0.0164. The Hall–Kier alpha value is -8.40. The first-order valence-corrected chi connectivity index (χ1v) is 22.1. The van der Waals surface area contributed by atoms with Crippen molar-refractivity contribution in [2.24, 2.45) is 0 Å². The first kappa shape index (κ1) is 36.3. The minimum absolute atomic E-state index is 0.467. The van der Waals surface area contributed by atoms with Crippen LogP contribution in [0.2, 0.25) is 0 Å². The molecule has 0 N–H and O–H groups in total. The standard InChI is InChI=1S/C61H41N3/c1-2-16-42(17-3-1)61(55-24-10-4-18-49(55)50-19-5-11-25-56(50)61)43-30-32-44(33-31-43)62(45-34-38-47(39-35-45)63-57-26-12-6-20-51(57)52-21-7-13-27-58(52)63)46-36-40-48(41-37-46)64-59-28-14-8-22-53(59)54-23-9-15-29-60(54)64/h1-41H. The molecule has 13 rings (SSSR count). The molecule has 0 radical (unpaired) electrons. The van der Waals surface area contributed by atoms with Crippen LogP contribution in [-0.2, 0) is 5.41 Å². The second kappa shape index (κ2) is 14.3. The third-order valence-electron chi connectivity index (χ3n) is 13.6. The van der Waals surface area contributed by atoms with Gasteiger partial charge in [0.05, 0.1) is 27.5 Å². The zero-order chi connectivity index (χ0) is 42.2. The number of aromatic nitrogens is 2. The Balaban J connectivity index is 0.971. The van der Waals surface area contributed by atoms with E-state index in [0.717, 1.165) is 28.4 Å². The maximum Gasteiger partial charge on any atom is 0.0713 e. The van der Waals surface area contributed by atoms with Crippen LogP contribution in [0.3, 0.4) is 0 Å². The van der Waals surface area contributed by atoms with Crippen LogP contribution in [0.1, 0.15) is 22.3 Å². The Morgan fingerprint density at radius 3 is 0.984 bits per heavy atom. The maximum atomic E-state index is 2.39. The van der Waals surface area contributed by atoms with Crippen molar-refractivity contribution < 1.29 is 0 Å². The Morgan fingerprint density at radius 2 is 0.578 bits per heavy atom. The van der Waals surface area contributed by atoms with Gasteiger partial charge in [0.2, 0.25) is 0 Å². The van der Waals surface area contributed by atoms with Crippen LogP contribution in [-0.4, -0.2) is 9.13 Å². The van der Waals surface area contributed by atoms with Gasteiger partial charge in [-0.15, -0.1) is 0 Å². The SMILES string of the molecule is c1ccc(C2(c3ccc(N(c4ccc(-n5c6ccccc6c6ccccc65)cc4)c4ccc(-n5c6ccccc6c6ccccc65)cc4)cc3)c3ccccc3-c3ccccc32)cc1. The highest BCUT2D eigenvalue weighted by molar-refractivity contribution is 6.10. The van der Waals surface area contributed by atoms with E-state index in [1.807, 2.05) is 0 Å². The minimum Gasteiger partial charge on any atom is -0.311 e. The van der Waals surface area contributed by atoms with Gasteiger partial charge in [-0.25, -0.2) is 0 Å². The van der Waals surface area contributed by atoms with Crippen LogP contribution in [0.25, 0.3) is 66.1 Å². The smallest absolute Gasteiger partial charge is 0.0713 e. The van der Waals surface area contributed by atoms with Crippen molar-refractivity contribution in [1.82, 2.24) is 9.13 Å². The molecule has 3 nitrogen and oxygen atoms in total. The molecule has 2 heterocycles. The number of fused-ring (bicyclic) bond motifs is 9. The molecule has 0 bridgehead atoms. The largest absolute Gasteiger partial charge is 0.311 e. The maximum absolute atomic E-state index is 2.39. The van der Waals surface area contributed by atoms with Gasteiger partial charge in [0.1, 0.15) is 0 Å². The lowest BCUT2D eigenvalue weighted by molar-refractivity contribution is 0.768. The van der Waals surface area contributed by atoms with Crippen LogP contribution in [0.5, 0.6) is 0 Å². The summed E-state index contributed by atoms with van der Waals surface area (Å²) in [4.78, 5) is 2.39. The molecule has 0 saturated carbocycles. The van der Waals surface area contributed by atoms with Crippen LogP contribution < -0.4 is 4.90 Å². The summed E-state index contributed by atoms with van der Waals surface area (Å²) in [6, 6.07) is 91.2. The van der Waals surface area contributed by atoms with E-state index in [4.69, 9.17) is 0 Å². The number of benzene rings is 10. The highest BCUT2D eigenvalue weighted by Gasteiger charge is 2.45. The lowest BCUT2D eigenvalue weighted by Crippen LogP contribution is -2.28. The predicted octanol–water partition coefficient (Wildman–Crippen LogP) is 15.7. The van der Waals surface area contributed by atoms with Crippen molar-refractivity contribution in [2.45, 2.75) is 5.41 Å². The Bertz CT molecular complexity index is 3400. The highest BCUT2D eigenvalue weighted by Crippen LogP contribution is 2.56. The van der Waals surface area contributed by atoms with E-state index in [1.165, 1.54) is 77.0 Å². The average molecular weight is 816 g/mol. The molecule has 10 aromatic carbocycles. The molecule has 64 heavy (non-hydrogen) atoms. The molecule has 2 aromatic heterocycles. The summed E-state index contributed by atoms with van der Waals surface area (Å²) in [6.45, 7) is 0. The summed E-state index contributed by atoms with van der Waals surface area (Å²) in [5, 5.41) is 5.03. The molecule has 0 unspecified atom stereocenters. The van der Waals surface area contributed by atoms with Crippen LogP contribution in [0, 0.1) is 0 Å². The Kier molecular flexibility index (Phi) is 8.13. The molecule has 0 amide bonds. The predicted molar refractivity (Wildman–Crippen MR) is 267 cm³/mol. The summed E-state index contributed by atoms with van der Waals surface area (Å²) in [5.74, 6) is 0. The zero-order valence-corrected chi connectivity index (χ0v) is 35.0. The van der Waals surface area contributed by atoms with Gasteiger partial charge in [0.15, 0.2) is 0 Å². The van der Waals surface area contributed by atoms with Crippen molar-refractivity contribution >= 4 is 60.7 Å². The minimum atomic E-state index is -0.467. The van der Waals surface area contributed by atoms with Gasteiger partial charge in [-0.2, -0.15) is 0 Å². The number of hydrogen-bond acceptors (Lipinski definition) is 1. The molecule has 0 spiro atoms. The molecule has 12 aromatic rings. The second-order valence-corrected chi connectivity index (χ2v) is 16.9. The molecule has 300 valence electrons. The van der Waals surface area contributed by atoms with Crippen molar-refractivity contribution in [2.75, 3.05) is 4.90 Å². The summed E-state index contributed by atoms with van der Waals surface area (Å²) in [7, 11) is 0. The fourth-order valence-corrected chi connectivity index (χ4v) is 10.9. The van der Waals surface area contributed by atoms with Gasteiger partial charge >= 0.3 is 0 Å². The monoisotopic (exact) mass is 815 g/mol. The molecule has 1 aliphatic rings. The first-order chi connectivity index (χ1) is 31.8. The van der Waals surface area contributed by atoms with Gasteiger partial charge < -0.3 is 14.0 Å². The van der Waals surface area contributed by atoms with E-state index in [2.05, 4.69) is 263 Å². The topological polar surface area (TPSA) is 13.1 Å². The van der Waals surface area contributed by atoms with Crippen molar-refractivity contribution in [3.63, 3.8) is 0 Å². The number of rotatable bonds is 7. The average Bonchev–Trinajstić information content (AvgIpc) is 4.00. The fourth-order valence-electron chi connectivity index (χ4n) is 10.9. The van der Waals surface area contributed by atoms with E-state index in [1.54, 1.807) is 0 Å². The van der Waals surface area contributed by atoms with Gasteiger partial charge in [-0.05, 0) is 118 Å². The lowest BCUT2D eigenvalue weighted by atomic mass is 9.68. The van der Waals surface area contributed by atoms with Gasteiger partial charge in [0.25, 0.3) is 0 Å². The van der Waals surface area contributed by atoms with Crippen LogP contribution >= 0.6 is 0 Å². The molecule has 0 saturated heterocycles. The molecular weight excluding hydrogens is 775 g/mol. The molecule has 0 aliphatic heterocycles. The summed E-state index contributed by atoms with van der Waals surface area (Å²) in [5.41, 5.74) is 17.5. The summed E-state index contributed by atoms with van der Waals surface area (Å²) >= 11 is 0. The van der Waals surface area contributed by atoms with Gasteiger partial charge in [0, 0.05) is 50.0 Å². The first-order valence-electron chi connectivity index (χ1n) is 22.1. The molecule has 0 atom stereocenters. The summed E-state index contributed by atoms with van der Waals surface area (Å²) < 4.78 is 4.77. The highest BCUT2D eigenvalue weighted by atomic mass is 15.1. The molecule has 0 fully saturated rings. The number of para-hydroxylation sites is 4. The lowest BCUT2D eigenvalue weighted by Gasteiger charge is -2.34. The van der Waals surface area contributed by atoms with Gasteiger partial charge in [-0.3, -0.25) is 0 Å². The summed E-state index contributed by atoms with van der Waals surface area (Å²) in [6.07, 6.45) is 0. The third kappa shape index (κ3) is 5.28. The molecular formula is C61H41N3. The van der Waals surface area contributed by atoms with E-state index in [9.17, 15) is 0 Å². The quantitative estimate of drug-likeness (QED) is 0.156. The molecule has 1 aliphatic carbocycles. The Labute approximate surface area is 372 Å². The second-order valence-electron chi connectivity index (χ2n) is 16.9. The molecule has 3 heteroatoms. The Morgan fingerprint density at radius 1 is 0.266 bits per heavy atom. The van der Waals surface area contributed by atoms with E-state index >= 15 is 0 Å². The van der Waals surface area contributed by atoms with Crippen molar-refractivity contribution in [1.29, 1.82) is 0 Å². The van der Waals surface area contributed by atoms with E-state index in [0.29, 0.717) is 0 Å². The third-order valence-corrected chi connectivity index (χ3v) is 13.6. The number of anilines is 3. The van der Waals surface area contributed by atoms with Crippen LogP contribution in [0.15, 0.2) is 249 Å². The zero-order valence-electron chi connectivity index (χ0n) is 35.0. The number of nitrogens with zero attached hydrogens (tertiary/aromatic N) is 3. The normalized spacial score (nSPS) is 12.8. The van der Waals surface area contributed by atoms with Crippen molar-refractivity contribution in [3.8, 4) is 22.5 Å². The van der Waals surface area contributed by atoms with Crippen LogP contribution in [0.4, 0.5) is 17.1 Å². The van der Waals surface area contributed by atoms with E-state index in [-0.39, 0.29) is 0 Å². The van der Waals surface area contributed by atoms with E-state index < -0.39 is 5.41 Å². The van der Waals surface area contributed by atoms with Gasteiger partial charge in [-0.1, -0.05) is 164 Å². The van der Waals surface area contributed by atoms with Crippen molar-refractivity contribution in [3.05, 3.63) is 271 Å².